The third-order valence-electron chi connectivity index (χ3n) is 5.48. The third-order valence-corrected chi connectivity index (χ3v) is 5.48. The molecular weight excluding hydrogens is 410 g/mol. The predicted octanol–water partition coefficient (Wildman–Crippen LogP) is 3.44. The summed E-state index contributed by atoms with van der Waals surface area (Å²) in [5.41, 5.74) is 0.943. The van der Waals surface area contributed by atoms with Crippen molar-refractivity contribution in [1.29, 1.82) is 0 Å². The lowest BCUT2D eigenvalue weighted by atomic mass is 9.97. The molecule has 32 heavy (non-hydrogen) atoms. The molecule has 4 rings (SSSR count). The van der Waals surface area contributed by atoms with Crippen LogP contribution in [0, 0.1) is 10.1 Å². The summed E-state index contributed by atoms with van der Waals surface area (Å²) in [5, 5.41) is 11.3. The Hall–Kier alpha value is -4.33. The van der Waals surface area contributed by atoms with E-state index in [4.69, 9.17) is 0 Å². The van der Waals surface area contributed by atoms with Crippen molar-refractivity contribution in [2.24, 2.45) is 0 Å². The van der Waals surface area contributed by atoms with Gasteiger partial charge in [-0.25, -0.2) is 0 Å². The van der Waals surface area contributed by atoms with Crippen molar-refractivity contribution in [1.82, 2.24) is 9.80 Å². The van der Waals surface area contributed by atoms with E-state index in [1.165, 1.54) is 23.1 Å². The first-order chi connectivity index (χ1) is 15.4. The van der Waals surface area contributed by atoms with Gasteiger partial charge in [0.25, 0.3) is 17.5 Å². The number of carbonyl (C=O) groups excluding carboxylic acids is 3. The summed E-state index contributed by atoms with van der Waals surface area (Å²) in [5.74, 6) is -2.03. The molecule has 0 saturated heterocycles. The summed E-state index contributed by atoms with van der Waals surface area (Å²) in [6, 6.07) is 22.2. The maximum atomic E-state index is 13.2. The number of amides is 3. The Morgan fingerprint density at radius 3 is 2.00 bits per heavy atom. The van der Waals surface area contributed by atoms with Gasteiger partial charge in [0, 0.05) is 13.1 Å². The molecule has 0 fully saturated rings. The van der Waals surface area contributed by atoms with Crippen molar-refractivity contribution in [3.63, 3.8) is 0 Å². The average molecular weight is 429 g/mol. The Morgan fingerprint density at radius 2 is 1.47 bits per heavy atom. The minimum atomic E-state index is -0.838. The lowest BCUT2D eigenvalue weighted by Crippen LogP contribution is -2.42. The van der Waals surface area contributed by atoms with Crippen LogP contribution in [0.4, 0.5) is 5.69 Å². The Kier molecular flexibility index (Phi) is 5.51. The zero-order chi connectivity index (χ0) is 22.8. The van der Waals surface area contributed by atoms with Gasteiger partial charge in [0.1, 0.15) is 12.1 Å². The molecule has 1 aliphatic heterocycles. The Bertz CT molecular complexity index is 1170. The van der Waals surface area contributed by atoms with E-state index >= 15 is 0 Å². The van der Waals surface area contributed by atoms with Gasteiger partial charge in [-0.2, -0.15) is 0 Å². The second-order valence-corrected chi connectivity index (χ2v) is 7.38. The van der Waals surface area contributed by atoms with Crippen LogP contribution in [0.25, 0.3) is 0 Å². The van der Waals surface area contributed by atoms with Gasteiger partial charge in [-0.3, -0.25) is 29.4 Å². The Labute approximate surface area is 183 Å². The Balaban J connectivity index is 1.63. The van der Waals surface area contributed by atoms with Crippen molar-refractivity contribution < 1.29 is 19.3 Å². The summed E-state index contributed by atoms with van der Waals surface area (Å²) in [4.78, 5) is 51.6. The second kappa shape index (κ2) is 8.43. The van der Waals surface area contributed by atoms with Crippen LogP contribution in [0.2, 0.25) is 0 Å². The lowest BCUT2D eigenvalue weighted by Gasteiger charge is -2.30. The fourth-order valence-electron chi connectivity index (χ4n) is 3.91. The molecule has 1 heterocycles. The number of nitro groups is 1. The van der Waals surface area contributed by atoms with Gasteiger partial charge in [0.15, 0.2) is 0 Å². The van der Waals surface area contributed by atoms with Crippen LogP contribution in [0.15, 0.2) is 78.9 Å². The summed E-state index contributed by atoms with van der Waals surface area (Å²) in [6.45, 7) is -0.518. The maximum Gasteiger partial charge on any atom is 0.282 e. The van der Waals surface area contributed by atoms with Crippen LogP contribution in [-0.2, 0) is 4.79 Å². The van der Waals surface area contributed by atoms with Gasteiger partial charge < -0.3 is 4.90 Å². The number of nitrogens with zero attached hydrogens (tertiary/aromatic N) is 3. The number of benzene rings is 3. The fourth-order valence-corrected chi connectivity index (χ4v) is 3.91. The minimum Gasteiger partial charge on any atom is -0.333 e. The van der Waals surface area contributed by atoms with Crippen molar-refractivity contribution in [3.8, 4) is 0 Å². The molecule has 0 aliphatic carbocycles. The van der Waals surface area contributed by atoms with Crippen LogP contribution in [0.3, 0.4) is 0 Å². The van der Waals surface area contributed by atoms with Crippen LogP contribution >= 0.6 is 0 Å². The largest absolute Gasteiger partial charge is 0.333 e. The lowest BCUT2D eigenvalue weighted by molar-refractivity contribution is -0.385. The van der Waals surface area contributed by atoms with E-state index in [9.17, 15) is 24.5 Å². The smallest absolute Gasteiger partial charge is 0.282 e. The van der Waals surface area contributed by atoms with Crippen molar-refractivity contribution in [2.75, 3.05) is 13.6 Å². The summed E-state index contributed by atoms with van der Waals surface area (Å²) in [7, 11) is 1.60. The first kappa shape index (κ1) is 20.9. The van der Waals surface area contributed by atoms with Gasteiger partial charge in [0.2, 0.25) is 5.91 Å². The molecule has 8 nitrogen and oxygen atoms in total. The molecule has 3 aromatic carbocycles. The highest BCUT2D eigenvalue weighted by Crippen LogP contribution is 2.32. The summed E-state index contributed by atoms with van der Waals surface area (Å²) < 4.78 is 0. The number of fused-ring (bicyclic) bond motifs is 1. The standard InChI is InChI=1S/C24H19N3O5/c1-25(22(16-9-4-2-5-10-16)17-11-6-3-7-12-17)20(28)15-26-23(29)18-13-8-14-19(27(31)32)21(18)24(26)30/h2-14,22H,15H2,1H3. The molecular formula is C24H19N3O5. The fraction of sp³-hybridized carbons (Fsp3) is 0.125. The topological polar surface area (TPSA) is 101 Å². The molecule has 160 valence electrons. The molecule has 0 radical (unpaired) electrons. The van der Waals surface area contributed by atoms with E-state index in [0.717, 1.165) is 16.0 Å². The first-order valence-electron chi connectivity index (χ1n) is 9.89. The third kappa shape index (κ3) is 3.62. The molecule has 0 bridgehead atoms. The number of imide groups is 1. The van der Waals surface area contributed by atoms with Crippen LogP contribution in [-0.4, -0.2) is 46.0 Å². The van der Waals surface area contributed by atoms with E-state index in [0.29, 0.717) is 0 Å². The van der Waals surface area contributed by atoms with Gasteiger partial charge in [-0.1, -0.05) is 66.7 Å². The van der Waals surface area contributed by atoms with Crippen molar-refractivity contribution >= 4 is 23.4 Å². The van der Waals surface area contributed by atoms with Crippen LogP contribution < -0.4 is 0 Å². The molecule has 0 saturated carbocycles. The molecule has 0 N–H and O–H groups in total. The van der Waals surface area contributed by atoms with Gasteiger partial charge in [0.05, 0.1) is 16.5 Å². The number of hydrogen-bond acceptors (Lipinski definition) is 5. The van der Waals surface area contributed by atoms with Crippen LogP contribution in [0.5, 0.6) is 0 Å². The summed E-state index contributed by atoms with van der Waals surface area (Å²) in [6.07, 6.45) is 0. The first-order valence-corrected chi connectivity index (χ1v) is 9.89. The molecule has 0 unspecified atom stereocenters. The van der Waals surface area contributed by atoms with Crippen molar-refractivity contribution in [3.05, 3.63) is 111 Å². The highest BCUT2D eigenvalue weighted by atomic mass is 16.6. The predicted molar refractivity (Wildman–Crippen MR) is 116 cm³/mol. The molecule has 3 amide bonds. The molecule has 0 aromatic heterocycles. The maximum absolute atomic E-state index is 13.2. The normalized spacial score (nSPS) is 12.8. The van der Waals surface area contributed by atoms with Crippen LogP contribution in [0.1, 0.15) is 37.9 Å². The van der Waals surface area contributed by atoms with E-state index in [2.05, 4.69) is 0 Å². The zero-order valence-corrected chi connectivity index (χ0v) is 17.2. The number of carbonyl (C=O) groups is 3. The highest BCUT2D eigenvalue weighted by molar-refractivity contribution is 6.24. The Morgan fingerprint density at radius 1 is 0.906 bits per heavy atom. The van der Waals surface area contributed by atoms with Gasteiger partial charge in [-0.05, 0) is 17.2 Å². The second-order valence-electron chi connectivity index (χ2n) is 7.38. The molecule has 1 aliphatic rings. The van der Waals surface area contributed by atoms with Crippen molar-refractivity contribution in [2.45, 2.75) is 6.04 Å². The van der Waals surface area contributed by atoms with E-state index in [1.54, 1.807) is 7.05 Å². The van der Waals surface area contributed by atoms with E-state index in [1.807, 2.05) is 60.7 Å². The molecule has 0 atom stereocenters. The quantitative estimate of drug-likeness (QED) is 0.339. The van der Waals surface area contributed by atoms with E-state index in [-0.39, 0.29) is 11.1 Å². The minimum absolute atomic E-state index is 0.0673. The number of nitro benzene ring substituents is 1. The number of likely N-dealkylation sites (N-methyl/N-ethyl adjacent to an activating group) is 1. The number of rotatable bonds is 6. The average Bonchev–Trinajstić information content (AvgIpc) is 3.05. The SMILES string of the molecule is CN(C(=O)CN1C(=O)c2cccc([N+](=O)[O-])c2C1=O)C(c1ccccc1)c1ccccc1. The zero-order valence-electron chi connectivity index (χ0n) is 17.2. The van der Waals surface area contributed by atoms with Gasteiger partial charge in [-0.15, -0.1) is 0 Å². The molecule has 8 heteroatoms. The highest BCUT2D eigenvalue weighted by Gasteiger charge is 2.42. The molecule has 3 aromatic rings. The molecule has 0 spiro atoms. The summed E-state index contributed by atoms with van der Waals surface area (Å²) >= 11 is 0. The number of hydrogen-bond donors (Lipinski definition) is 0. The van der Waals surface area contributed by atoms with E-state index < -0.39 is 40.9 Å². The van der Waals surface area contributed by atoms with Gasteiger partial charge >= 0.3 is 0 Å². The monoisotopic (exact) mass is 429 g/mol.